The van der Waals surface area contributed by atoms with Gasteiger partial charge >= 0.3 is 0 Å². The molecule has 0 atom stereocenters. The van der Waals surface area contributed by atoms with Gasteiger partial charge in [-0.15, -0.1) is 11.3 Å². The third-order valence-electron chi connectivity index (χ3n) is 2.12. The average molecular weight is 352 g/mol. The number of rotatable bonds is 5. The van der Waals surface area contributed by atoms with E-state index in [1.54, 1.807) is 10.9 Å². The molecular weight excluding hydrogens is 342 g/mol. The van der Waals surface area contributed by atoms with E-state index in [0.29, 0.717) is 11.5 Å². The maximum Gasteiger partial charge on any atom is 0.245 e. The van der Waals surface area contributed by atoms with E-state index < -0.39 is 10.0 Å². The lowest BCUT2D eigenvalue weighted by Gasteiger charge is -2.02. The highest BCUT2D eigenvalue weighted by Crippen LogP contribution is 2.25. The quantitative estimate of drug-likeness (QED) is 0.848. The second kappa shape index (κ2) is 5.49. The van der Waals surface area contributed by atoms with E-state index in [2.05, 4.69) is 25.6 Å². The fraction of sp³-hybridized carbons (Fsp3) is 0.222. The fourth-order valence-electron chi connectivity index (χ4n) is 1.25. The highest BCUT2D eigenvalue weighted by Gasteiger charge is 2.22. The summed E-state index contributed by atoms with van der Waals surface area (Å²) in [6.45, 7) is 0.279. The van der Waals surface area contributed by atoms with Gasteiger partial charge in [0.15, 0.2) is 4.67 Å². The molecule has 0 unspecified atom stereocenters. The van der Waals surface area contributed by atoms with Crippen molar-refractivity contribution in [1.82, 2.24) is 9.71 Å². The van der Waals surface area contributed by atoms with Crippen LogP contribution in [0.4, 0.5) is 0 Å². The minimum absolute atomic E-state index is 0.0400. The molecule has 98 valence electrons. The van der Waals surface area contributed by atoms with Gasteiger partial charge in [-0.25, -0.2) is 18.1 Å². The van der Waals surface area contributed by atoms with Gasteiger partial charge in [-0.1, -0.05) is 0 Å². The van der Waals surface area contributed by atoms with Gasteiger partial charge in [-0.2, -0.15) is 0 Å². The van der Waals surface area contributed by atoms with Gasteiger partial charge < -0.3 is 10.2 Å². The molecule has 0 bridgehead atoms. The maximum absolute atomic E-state index is 12.0. The van der Waals surface area contributed by atoms with E-state index in [-0.39, 0.29) is 22.7 Å². The Morgan fingerprint density at radius 2 is 2.33 bits per heavy atom. The Balaban J connectivity index is 2.17. The molecule has 2 rings (SSSR count). The third-order valence-corrected chi connectivity index (χ3v) is 5.02. The summed E-state index contributed by atoms with van der Waals surface area (Å²) in [4.78, 5) is 4.03. The molecular formula is C9H10BrN3O3S2. The number of nitrogens with zero attached hydrogens (tertiary/aromatic N) is 1. The van der Waals surface area contributed by atoms with Crippen molar-refractivity contribution in [1.29, 1.82) is 0 Å². The van der Waals surface area contributed by atoms with Crippen LogP contribution in [0.1, 0.15) is 11.5 Å². The summed E-state index contributed by atoms with van der Waals surface area (Å²) in [7, 11) is -3.64. The van der Waals surface area contributed by atoms with Crippen LogP contribution < -0.4 is 10.5 Å². The minimum Gasteiger partial charge on any atom is -0.452 e. The highest BCUT2D eigenvalue weighted by molar-refractivity contribution is 9.10. The normalized spacial score (nSPS) is 11.9. The SMILES string of the molecule is NCc1cc(S(=O)(=O)NCc2cscn2)c(Br)o1. The summed E-state index contributed by atoms with van der Waals surface area (Å²) >= 11 is 4.46. The minimum atomic E-state index is -3.64. The predicted octanol–water partition coefficient (Wildman–Crippen LogP) is 1.44. The Kier molecular flexibility index (Phi) is 4.17. The van der Waals surface area contributed by atoms with Crippen molar-refractivity contribution in [2.75, 3.05) is 0 Å². The monoisotopic (exact) mass is 351 g/mol. The molecule has 18 heavy (non-hydrogen) atoms. The number of hydrogen-bond donors (Lipinski definition) is 2. The molecule has 2 aromatic rings. The lowest BCUT2D eigenvalue weighted by Crippen LogP contribution is -2.23. The van der Waals surface area contributed by atoms with E-state index in [1.165, 1.54) is 17.4 Å². The van der Waals surface area contributed by atoms with Crippen LogP contribution in [0.3, 0.4) is 0 Å². The van der Waals surface area contributed by atoms with Crippen molar-refractivity contribution in [3.05, 3.63) is 33.1 Å². The largest absolute Gasteiger partial charge is 0.452 e. The van der Waals surface area contributed by atoms with Gasteiger partial charge in [-0.3, -0.25) is 0 Å². The first-order chi connectivity index (χ1) is 8.53. The first-order valence-corrected chi connectivity index (χ1v) is 8.10. The smallest absolute Gasteiger partial charge is 0.245 e. The van der Waals surface area contributed by atoms with E-state index in [1.807, 2.05) is 0 Å². The van der Waals surface area contributed by atoms with Crippen LogP contribution in [-0.2, 0) is 23.1 Å². The molecule has 0 aliphatic heterocycles. The molecule has 2 heterocycles. The van der Waals surface area contributed by atoms with Gasteiger partial charge in [0, 0.05) is 11.4 Å². The van der Waals surface area contributed by atoms with Crippen LogP contribution in [0.15, 0.2) is 30.9 Å². The Morgan fingerprint density at radius 1 is 1.56 bits per heavy atom. The first-order valence-electron chi connectivity index (χ1n) is 4.88. The van der Waals surface area contributed by atoms with Crippen LogP contribution in [0.5, 0.6) is 0 Å². The second-order valence-corrected chi connectivity index (χ2v) is 6.53. The number of thiazole rings is 1. The second-order valence-electron chi connectivity index (χ2n) is 3.36. The summed E-state index contributed by atoms with van der Waals surface area (Å²) < 4.78 is 31.8. The molecule has 0 saturated carbocycles. The molecule has 3 N–H and O–H groups in total. The van der Waals surface area contributed by atoms with Crippen LogP contribution in [-0.4, -0.2) is 13.4 Å². The summed E-state index contributed by atoms with van der Waals surface area (Å²) in [5, 5.41) is 1.78. The standard InChI is InChI=1S/C9H10BrN3O3S2/c10-9-8(1-7(2-11)16-9)18(14,15)13-3-6-4-17-5-12-6/h1,4-5,13H,2-3,11H2. The molecule has 0 aromatic carbocycles. The molecule has 0 aliphatic carbocycles. The van der Waals surface area contributed by atoms with Gasteiger partial charge in [0.05, 0.1) is 24.3 Å². The van der Waals surface area contributed by atoms with Crippen molar-refractivity contribution in [2.45, 2.75) is 18.0 Å². The van der Waals surface area contributed by atoms with Gasteiger partial charge in [0.2, 0.25) is 10.0 Å². The fourth-order valence-corrected chi connectivity index (χ4v) is 3.81. The van der Waals surface area contributed by atoms with Crippen LogP contribution in [0, 0.1) is 0 Å². The van der Waals surface area contributed by atoms with E-state index in [0.717, 1.165) is 0 Å². The number of sulfonamides is 1. The molecule has 0 saturated heterocycles. The van der Waals surface area contributed by atoms with Crippen LogP contribution in [0.2, 0.25) is 0 Å². The molecule has 0 fully saturated rings. The highest BCUT2D eigenvalue weighted by atomic mass is 79.9. The van der Waals surface area contributed by atoms with E-state index >= 15 is 0 Å². The van der Waals surface area contributed by atoms with E-state index in [9.17, 15) is 8.42 Å². The third kappa shape index (κ3) is 2.98. The van der Waals surface area contributed by atoms with Crippen molar-refractivity contribution in [3.63, 3.8) is 0 Å². The summed E-state index contributed by atoms with van der Waals surface area (Å²) in [5.41, 5.74) is 7.70. The number of nitrogens with two attached hydrogens (primary N) is 1. The molecule has 0 spiro atoms. The molecule has 2 aromatic heterocycles. The van der Waals surface area contributed by atoms with Crippen molar-refractivity contribution >= 4 is 37.3 Å². The molecule has 6 nitrogen and oxygen atoms in total. The van der Waals surface area contributed by atoms with Gasteiger partial charge in [0.1, 0.15) is 10.7 Å². The van der Waals surface area contributed by atoms with E-state index in [4.69, 9.17) is 10.2 Å². The lowest BCUT2D eigenvalue weighted by atomic mass is 10.5. The average Bonchev–Trinajstić information content (AvgIpc) is 2.95. The topological polar surface area (TPSA) is 98.2 Å². The zero-order chi connectivity index (χ0) is 13.2. The number of hydrogen-bond acceptors (Lipinski definition) is 6. The lowest BCUT2D eigenvalue weighted by molar-refractivity contribution is 0.483. The Bertz CT molecular complexity index is 622. The first kappa shape index (κ1) is 13.7. The van der Waals surface area contributed by atoms with Crippen molar-refractivity contribution in [3.8, 4) is 0 Å². The zero-order valence-electron chi connectivity index (χ0n) is 9.09. The van der Waals surface area contributed by atoms with Crippen molar-refractivity contribution in [2.24, 2.45) is 5.73 Å². The number of nitrogens with one attached hydrogen (secondary N) is 1. The summed E-state index contributed by atoms with van der Waals surface area (Å²) in [6, 6.07) is 1.40. The summed E-state index contributed by atoms with van der Waals surface area (Å²) in [6.07, 6.45) is 0. The molecule has 9 heteroatoms. The summed E-state index contributed by atoms with van der Waals surface area (Å²) in [5.74, 6) is 0.399. The molecule has 0 aliphatic rings. The molecule has 0 amide bonds. The number of halogens is 1. The van der Waals surface area contributed by atoms with Crippen LogP contribution in [0.25, 0.3) is 0 Å². The van der Waals surface area contributed by atoms with Gasteiger partial charge in [0.25, 0.3) is 0 Å². The van der Waals surface area contributed by atoms with Crippen molar-refractivity contribution < 1.29 is 12.8 Å². The maximum atomic E-state index is 12.0. The zero-order valence-corrected chi connectivity index (χ0v) is 12.3. The number of aromatic nitrogens is 1. The van der Waals surface area contributed by atoms with Crippen LogP contribution >= 0.6 is 27.3 Å². The Morgan fingerprint density at radius 3 is 2.89 bits per heavy atom. The van der Waals surface area contributed by atoms with Gasteiger partial charge in [-0.05, 0) is 15.9 Å². The Hall–Kier alpha value is -0.740. The number of furan rings is 1. The molecule has 0 radical (unpaired) electrons. The Labute approximate surface area is 116 Å². The predicted molar refractivity (Wildman–Crippen MR) is 70.4 cm³/mol.